The molecule has 1 aliphatic rings. The molecule has 1 heterocycles. The summed E-state index contributed by atoms with van der Waals surface area (Å²) in [5, 5.41) is -0.107. The molecule has 0 radical (unpaired) electrons. The van der Waals surface area contributed by atoms with Crippen molar-refractivity contribution in [2.45, 2.75) is 20.5 Å². The SMILES string of the molecule is Cc1ccc(C)c(OCCN2C(=O)S/C(=C\c3cc(Br)ccc3OCc3c(F)cccc3Cl)C2=O)c1. The summed E-state index contributed by atoms with van der Waals surface area (Å²) in [6, 6.07) is 15.5. The molecule has 0 unspecified atom stereocenters. The van der Waals surface area contributed by atoms with E-state index in [0.29, 0.717) is 11.3 Å². The smallest absolute Gasteiger partial charge is 0.293 e. The van der Waals surface area contributed by atoms with Crippen LogP contribution >= 0.6 is 39.3 Å². The van der Waals surface area contributed by atoms with Crippen LogP contribution in [0.2, 0.25) is 5.02 Å². The summed E-state index contributed by atoms with van der Waals surface area (Å²) in [5.41, 5.74) is 2.84. The van der Waals surface area contributed by atoms with Crippen molar-refractivity contribution in [3.05, 3.63) is 97.1 Å². The van der Waals surface area contributed by atoms with Gasteiger partial charge in [0.2, 0.25) is 0 Å². The first-order valence-electron chi connectivity index (χ1n) is 11.0. The molecule has 0 atom stereocenters. The zero-order valence-electron chi connectivity index (χ0n) is 19.5. The molecule has 36 heavy (non-hydrogen) atoms. The Labute approximate surface area is 226 Å². The van der Waals surface area contributed by atoms with E-state index in [2.05, 4.69) is 15.9 Å². The summed E-state index contributed by atoms with van der Waals surface area (Å²) in [6.07, 6.45) is 1.60. The normalized spacial score (nSPS) is 14.6. The fourth-order valence-corrected chi connectivity index (χ4v) is 4.98. The number of carbonyl (C=O) groups excluding carboxylic acids is 2. The first-order chi connectivity index (χ1) is 17.2. The molecule has 5 nitrogen and oxygen atoms in total. The van der Waals surface area contributed by atoms with Gasteiger partial charge in [-0.1, -0.05) is 45.7 Å². The van der Waals surface area contributed by atoms with E-state index in [0.717, 1.165) is 33.1 Å². The van der Waals surface area contributed by atoms with Gasteiger partial charge < -0.3 is 9.47 Å². The second-order valence-electron chi connectivity index (χ2n) is 8.12. The predicted molar refractivity (Wildman–Crippen MR) is 144 cm³/mol. The third-order valence-corrected chi connectivity index (χ3v) is 7.24. The summed E-state index contributed by atoms with van der Waals surface area (Å²) < 4.78 is 26.6. The topological polar surface area (TPSA) is 55.8 Å². The molecule has 1 saturated heterocycles. The van der Waals surface area contributed by atoms with E-state index in [1.54, 1.807) is 30.3 Å². The number of benzene rings is 3. The fourth-order valence-electron chi connectivity index (χ4n) is 3.53. The van der Waals surface area contributed by atoms with Gasteiger partial charge in [0.15, 0.2) is 0 Å². The predicted octanol–water partition coefficient (Wildman–Crippen LogP) is 7.55. The Morgan fingerprint density at radius 2 is 1.86 bits per heavy atom. The summed E-state index contributed by atoms with van der Waals surface area (Å²) >= 11 is 10.4. The van der Waals surface area contributed by atoms with Gasteiger partial charge in [-0.15, -0.1) is 0 Å². The van der Waals surface area contributed by atoms with Crippen molar-refractivity contribution in [3.8, 4) is 11.5 Å². The average molecular weight is 591 g/mol. The molecule has 2 amide bonds. The van der Waals surface area contributed by atoms with Crippen LogP contribution in [-0.4, -0.2) is 29.2 Å². The number of amides is 2. The lowest BCUT2D eigenvalue weighted by molar-refractivity contribution is -0.123. The number of halogens is 3. The Morgan fingerprint density at radius 3 is 2.64 bits per heavy atom. The Bertz CT molecular complexity index is 1340. The Hall–Kier alpha value is -2.81. The number of hydrogen-bond donors (Lipinski definition) is 0. The van der Waals surface area contributed by atoms with Gasteiger partial charge in [-0.3, -0.25) is 14.5 Å². The van der Waals surface area contributed by atoms with Crippen LogP contribution in [0.15, 0.2) is 64.0 Å². The molecule has 3 aromatic carbocycles. The minimum atomic E-state index is -0.467. The van der Waals surface area contributed by atoms with E-state index in [1.807, 2.05) is 32.0 Å². The van der Waals surface area contributed by atoms with E-state index in [-0.39, 0.29) is 40.5 Å². The van der Waals surface area contributed by atoms with Gasteiger partial charge in [-0.2, -0.15) is 0 Å². The number of thioether (sulfide) groups is 1. The number of ether oxygens (including phenoxy) is 2. The molecule has 4 rings (SSSR count). The van der Waals surface area contributed by atoms with Crippen molar-refractivity contribution < 1.29 is 23.5 Å². The quantitative estimate of drug-likeness (QED) is 0.254. The van der Waals surface area contributed by atoms with Crippen LogP contribution < -0.4 is 9.47 Å². The molecule has 0 spiro atoms. The van der Waals surface area contributed by atoms with Crippen molar-refractivity contribution in [2.24, 2.45) is 0 Å². The number of rotatable bonds is 8. The lowest BCUT2D eigenvalue weighted by Crippen LogP contribution is -2.32. The maximum Gasteiger partial charge on any atom is 0.293 e. The first kappa shape index (κ1) is 26.3. The second-order valence-corrected chi connectivity index (χ2v) is 10.4. The Balaban J connectivity index is 1.47. The molecule has 0 saturated carbocycles. The van der Waals surface area contributed by atoms with E-state index in [9.17, 15) is 14.0 Å². The molecule has 0 bridgehead atoms. The number of hydrogen-bond acceptors (Lipinski definition) is 5. The van der Waals surface area contributed by atoms with E-state index >= 15 is 0 Å². The summed E-state index contributed by atoms with van der Waals surface area (Å²) in [6.45, 7) is 4.13. The standard InChI is InChI=1S/C27H22BrClFNO4S/c1-16-6-7-17(2)24(12-16)34-11-10-31-26(32)25(36-27(31)33)14-18-13-19(28)8-9-23(18)35-15-20-21(29)4-3-5-22(20)30/h3-9,12-14H,10-11,15H2,1-2H3/b25-14-. The van der Waals surface area contributed by atoms with Crippen LogP contribution in [0.25, 0.3) is 6.08 Å². The fraction of sp³-hybridized carbons (Fsp3) is 0.185. The summed E-state index contributed by atoms with van der Waals surface area (Å²) in [4.78, 5) is 27.0. The number of carbonyl (C=O) groups is 2. The lowest BCUT2D eigenvalue weighted by Gasteiger charge is -2.15. The minimum absolute atomic E-state index is 0.0921. The molecular weight excluding hydrogens is 569 g/mol. The van der Waals surface area contributed by atoms with Crippen molar-refractivity contribution in [3.63, 3.8) is 0 Å². The van der Waals surface area contributed by atoms with Crippen molar-refractivity contribution in [1.82, 2.24) is 4.90 Å². The van der Waals surface area contributed by atoms with Gasteiger partial charge in [0, 0.05) is 15.6 Å². The molecule has 1 fully saturated rings. The van der Waals surface area contributed by atoms with Crippen LogP contribution in [0.4, 0.5) is 9.18 Å². The van der Waals surface area contributed by atoms with E-state index in [4.69, 9.17) is 21.1 Å². The van der Waals surface area contributed by atoms with Crippen LogP contribution in [0.3, 0.4) is 0 Å². The number of imide groups is 1. The molecule has 9 heteroatoms. The van der Waals surface area contributed by atoms with Crippen molar-refractivity contribution >= 4 is 56.5 Å². The third-order valence-electron chi connectivity index (χ3n) is 5.48. The molecule has 3 aromatic rings. The lowest BCUT2D eigenvalue weighted by atomic mass is 10.1. The minimum Gasteiger partial charge on any atom is -0.491 e. The highest BCUT2D eigenvalue weighted by Crippen LogP contribution is 2.35. The number of aryl methyl sites for hydroxylation is 2. The maximum atomic E-state index is 14.1. The van der Waals surface area contributed by atoms with Gasteiger partial charge in [0.25, 0.3) is 11.1 Å². The monoisotopic (exact) mass is 589 g/mol. The van der Waals surface area contributed by atoms with Crippen LogP contribution in [-0.2, 0) is 11.4 Å². The molecular formula is C27H22BrClFNO4S. The number of nitrogens with zero attached hydrogens (tertiary/aromatic N) is 1. The highest BCUT2D eigenvalue weighted by Gasteiger charge is 2.35. The summed E-state index contributed by atoms with van der Waals surface area (Å²) in [5.74, 6) is 0.272. The largest absolute Gasteiger partial charge is 0.491 e. The van der Waals surface area contributed by atoms with Crippen molar-refractivity contribution in [1.29, 1.82) is 0 Å². The van der Waals surface area contributed by atoms with Crippen molar-refractivity contribution in [2.75, 3.05) is 13.2 Å². The molecule has 0 aliphatic carbocycles. The average Bonchev–Trinajstić information content (AvgIpc) is 3.09. The van der Waals surface area contributed by atoms with Crippen LogP contribution in [0.5, 0.6) is 11.5 Å². The van der Waals surface area contributed by atoms with Gasteiger partial charge in [-0.25, -0.2) is 4.39 Å². The Kier molecular flexibility index (Phi) is 8.39. The van der Waals surface area contributed by atoms with Gasteiger partial charge in [0.05, 0.1) is 16.5 Å². The van der Waals surface area contributed by atoms with Crippen LogP contribution in [0.1, 0.15) is 22.3 Å². The highest BCUT2D eigenvalue weighted by atomic mass is 79.9. The summed E-state index contributed by atoms with van der Waals surface area (Å²) in [7, 11) is 0. The molecule has 186 valence electrons. The maximum absolute atomic E-state index is 14.1. The molecule has 0 N–H and O–H groups in total. The van der Waals surface area contributed by atoms with E-state index in [1.165, 1.54) is 17.0 Å². The van der Waals surface area contributed by atoms with Gasteiger partial charge >= 0.3 is 0 Å². The molecule has 1 aliphatic heterocycles. The van der Waals surface area contributed by atoms with Gasteiger partial charge in [-0.05, 0) is 79.2 Å². The highest BCUT2D eigenvalue weighted by molar-refractivity contribution is 9.10. The third kappa shape index (κ3) is 6.11. The van der Waals surface area contributed by atoms with E-state index < -0.39 is 11.7 Å². The molecule has 0 aromatic heterocycles. The first-order valence-corrected chi connectivity index (χ1v) is 13.0. The van der Waals surface area contributed by atoms with Gasteiger partial charge in [0.1, 0.15) is 30.5 Å². The Morgan fingerprint density at radius 1 is 1.06 bits per heavy atom. The second kappa shape index (κ2) is 11.5. The van der Waals surface area contributed by atoms with Crippen LogP contribution in [0, 0.1) is 19.7 Å². The zero-order chi connectivity index (χ0) is 25.8. The zero-order valence-corrected chi connectivity index (χ0v) is 22.7.